The standard InChI is InChI=1S/C18H14O7/c1-18(2)6-5-7-12(21)11-13(22)10-8(19)3-4-9(20)16(10)24-17(11)14(23)15(7)25-18/h3-6,19-21,23H,1-2H3. The third kappa shape index (κ3) is 1.95. The monoisotopic (exact) mass is 342 g/mol. The molecule has 1 aliphatic heterocycles. The van der Waals surface area contributed by atoms with E-state index in [0.29, 0.717) is 0 Å². The summed E-state index contributed by atoms with van der Waals surface area (Å²) in [5.41, 5.74) is -2.00. The van der Waals surface area contributed by atoms with Crippen molar-refractivity contribution in [3.05, 3.63) is 34.0 Å². The number of aromatic hydroxyl groups is 4. The number of phenolic OH excluding ortho intramolecular Hbond substituents is 4. The molecule has 0 amide bonds. The van der Waals surface area contributed by atoms with Crippen LogP contribution in [0.5, 0.6) is 28.7 Å². The van der Waals surface area contributed by atoms with Crippen molar-refractivity contribution in [2.45, 2.75) is 19.4 Å². The van der Waals surface area contributed by atoms with Crippen molar-refractivity contribution in [1.82, 2.24) is 0 Å². The highest BCUT2D eigenvalue weighted by atomic mass is 16.5. The molecular formula is C18H14O7. The molecule has 2 aromatic carbocycles. The Morgan fingerprint density at radius 3 is 2.32 bits per heavy atom. The molecule has 0 aliphatic carbocycles. The Labute approximate surface area is 140 Å². The minimum atomic E-state index is -0.779. The van der Waals surface area contributed by atoms with Gasteiger partial charge in [-0.1, -0.05) is 0 Å². The molecule has 2 heterocycles. The van der Waals surface area contributed by atoms with Crippen molar-refractivity contribution < 1.29 is 29.6 Å². The SMILES string of the molecule is CC1(C)C=Cc2c(c(O)c3oc4c(O)ccc(O)c4c(=O)c3c2O)O1. The Morgan fingerprint density at radius 1 is 0.920 bits per heavy atom. The summed E-state index contributed by atoms with van der Waals surface area (Å²) >= 11 is 0. The maximum absolute atomic E-state index is 12.8. The molecule has 1 aromatic heterocycles. The summed E-state index contributed by atoms with van der Waals surface area (Å²) in [7, 11) is 0. The maximum Gasteiger partial charge on any atom is 0.208 e. The molecule has 128 valence electrons. The normalized spacial score (nSPS) is 15.3. The first-order valence-electron chi connectivity index (χ1n) is 7.49. The number of fused-ring (bicyclic) bond motifs is 3. The van der Waals surface area contributed by atoms with E-state index in [1.165, 1.54) is 0 Å². The molecule has 1 aliphatic rings. The molecule has 0 saturated carbocycles. The van der Waals surface area contributed by atoms with Crippen molar-refractivity contribution in [2.75, 3.05) is 0 Å². The van der Waals surface area contributed by atoms with Gasteiger partial charge in [-0.25, -0.2) is 0 Å². The number of hydrogen-bond donors (Lipinski definition) is 4. The van der Waals surface area contributed by atoms with E-state index in [1.54, 1.807) is 26.0 Å². The highest BCUT2D eigenvalue weighted by Crippen LogP contribution is 2.49. The molecule has 3 aromatic rings. The quantitative estimate of drug-likeness (QED) is 0.366. The molecule has 0 saturated heterocycles. The van der Waals surface area contributed by atoms with Crippen LogP contribution < -0.4 is 10.2 Å². The largest absolute Gasteiger partial charge is 0.507 e. The predicted octanol–water partition coefficient (Wildman–Crippen LogP) is 2.95. The van der Waals surface area contributed by atoms with E-state index in [-0.39, 0.29) is 39.0 Å². The summed E-state index contributed by atoms with van der Waals surface area (Å²) in [6.45, 7) is 3.51. The first-order chi connectivity index (χ1) is 11.7. The second-order valence-corrected chi connectivity index (χ2v) is 6.42. The van der Waals surface area contributed by atoms with Crippen LogP contribution in [0.15, 0.2) is 27.4 Å². The van der Waals surface area contributed by atoms with E-state index in [2.05, 4.69) is 0 Å². The van der Waals surface area contributed by atoms with Crippen LogP contribution in [0, 0.1) is 0 Å². The van der Waals surface area contributed by atoms with Crippen molar-refractivity contribution in [2.24, 2.45) is 0 Å². The van der Waals surface area contributed by atoms with Crippen LogP contribution in [-0.4, -0.2) is 26.0 Å². The highest BCUT2D eigenvalue weighted by Gasteiger charge is 2.31. The summed E-state index contributed by atoms with van der Waals surface area (Å²) in [5, 5.41) is 40.4. The topological polar surface area (TPSA) is 120 Å². The first-order valence-corrected chi connectivity index (χ1v) is 7.49. The van der Waals surface area contributed by atoms with Crippen LogP contribution >= 0.6 is 0 Å². The van der Waals surface area contributed by atoms with Gasteiger partial charge in [0.2, 0.25) is 11.2 Å². The summed E-state index contributed by atoms with van der Waals surface area (Å²) in [5.74, 6) is -1.73. The van der Waals surface area contributed by atoms with Gasteiger partial charge in [-0.3, -0.25) is 4.79 Å². The average molecular weight is 342 g/mol. The molecule has 4 N–H and O–H groups in total. The Kier molecular flexibility index (Phi) is 2.79. The molecule has 0 radical (unpaired) electrons. The molecule has 0 bridgehead atoms. The van der Waals surface area contributed by atoms with Gasteiger partial charge in [0.25, 0.3) is 0 Å². The molecular weight excluding hydrogens is 328 g/mol. The van der Waals surface area contributed by atoms with Crippen LogP contribution in [0.1, 0.15) is 19.4 Å². The fourth-order valence-electron chi connectivity index (χ4n) is 2.96. The summed E-state index contributed by atoms with van der Waals surface area (Å²) in [4.78, 5) is 12.8. The second-order valence-electron chi connectivity index (χ2n) is 6.42. The Morgan fingerprint density at radius 2 is 1.60 bits per heavy atom. The molecule has 4 rings (SSSR count). The van der Waals surface area contributed by atoms with E-state index >= 15 is 0 Å². The van der Waals surface area contributed by atoms with Crippen LogP contribution in [0.4, 0.5) is 0 Å². The molecule has 7 heteroatoms. The van der Waals surface area contributed by atoms with Gasteiger partial charge in [0, 0.05) is 0 Å². The smallest absolute Gasteiger partial charge is 0.208 e. The van der Waals surface area contributed by atoms with Gasteiger partial charge >= 0.3 is 0 Å². The van der Waals surface area contributed by atoms with Crippen molar-refractivity contribution in [1.29, 1.82) is 0 Å². The Hall–Kier alpha value is -3.35. The number of hydrogen-bond acceptors (Lipinski definition) is 7. The summed E-state index contributed by atoms with van der Waals surface area (Å²) in [6.07, 6.45) is 3.21. The molecule has 0 fully saturated rings. The Balaban J connectivity index is 2.26. The third-order valence-corrected chi connectivity index (χ3v) is 4.18. The fourth-order valence-corrected chi connectivity index (χ4v) is 2.96. The van der Waals surface area contributed by atoms with Crippen LogP contribution in [0.25, 0.3) is 28.0 Å². The van der Waals surface area contributed by atoms with Gasteiger partial charge in [-0.2, -0.15) is 0 Å². The highest BCUT2D eigenvalue weighted by molar-refractivity contribution is 6.03. The van der Waals surface area contributed by atoms with Gasteiger partial charge in [-0.05, 0) is 38.1 Å². The fraction of sp³-hybridized carbons (Fsp3) is 0.167. The number of ether oxygens (including phenoxy) is 1. The van der Waals surface area contributed by atoms with E-state index in [4.69, 9.17) is 9.15 Å². The van der Waals surface area contributed by atoms with Gasteiger partial charge in [0.15, 0.2) is 22.7 Å². The first kappa shape index (κ1) is 15.2. The lowest BCUT2D eigenvalue weighted by Crippen LogP contribution is -2.27. The molecule has 0 spiro atoms. The lowest BCUT2D eigenvalue weighted by atomic mass is 9.98. The number of phenols is 4. The summed E-state index contributed by atoms with van der Waals surface area (Å²) < 4.78 is 11.1. The van der Waals surface area contributed by atoms with Crippen LogP contribution in [0.2, 0.25) is 0 Å². The lowest BCUT2D eigenvalue weighted by molar-refractivity contribution is 0.152. The third-order valence-electron chi connectivity index (χ3n) is 4.18. The number of rotatable bonds is 0. The maximum atomic E-state index is 12.8. The van der Waals surface area contributed by atoms with Crippen molar-refractivity contribution in [3.63, 3.8) is 0 Å². The zero-order chi connectivity index (χ0) is 18.1. The average Bonchev–Trinajstić information content (AvgIpc) is 2.54. The lowest BCUT2D eigenvalue weighted by Gasteiger charge is -2.28. The van der Waals surface area contributed by atoms with Crippen molar-refractivity contribution >= 4 is 28.0 Å². The molecule has 25 heavy (non-hydrogen) atoms. The zero-order valence-electron chi connectivity index (χ0n) is 13.3. The van der Waals surface area contributed by atoms with Gasteiger partial charge in [-0.15, -0.1) is 0 Å². The van der Waals surface area contributed by atoms with Gasteiger partial charge in [0.05, 0.1) is 5.56 Å². The van der Waals surface area contributed by atoms with Crippen LogP contribution in [-0.2, 0) is 0 Å². The molecule has 7 nitrogen and oxygen atoms in total. The number of benzene rings is 2. The Bertz CT molecular complexity index is 1150. The van der Waals surface area contributed by atoms with Crippen molar-refractivity contribution in [3.8, 4) is 28.7 Å². The van der Waals surface area contributed by atoms with Gasteiger partial charge in [0.1, 0.15) is 27.9 Å². The van der Waals surface area contributed by atoms with E-state index in [0.717, 1.165) is 12.1 Å². The molecule has 0 atom stereocenters. The summed E-state index contributed by atoms with van der Waals surface area (Å²) in [6, 6.07) is 2.30. The van der Waals surface area contributed by atoms with E-state index < -0.39 is 28.3 Å². The molecule has 0 unspecified atom stereocenters. The minimum absolute atomic E-state index is 0.0281. The van der Waals surface area contributed by atoms with E-state index in [1.807, 2.05) is 0 Å². The van der Waals surface area contributed by atoms with Gasteiger partial charge < -0.3 is 29.6 Å². The zero-order valence-corrected chi connectivity index (χ0v) is 13.3. The van der Waals surface area contributed by atoms with Crippen LogP contribution in [0.3, 0.4) is 0 Å². The van der Waals surface area contributed by atoms with E-state index in [9.17, 15) is 25.2 Å². The predicted molar refractivity (Wildman–Crippen MR) is 90.4 cm³/mol. The second kappa shape index (κ2) is 4.60. The minimum Gasteiger partial charge on any atom is -0.507 e.